The number of aliphatic hydroxyl groups is 1. The lowest BCUT2D eigenvalue weighted by molar-refractivity contribution is -0.138. The quantitative estimate of drug-likeness (QED) is 0.611. The Morgan fingerprint density at radius 1 is 1.03 bits per heavy atom. The summed E-state index contributed by atoms with van der Waals surface area (Å²) >= 11 is 1.17. The Hall–Kier alpha value is -3.39. The van der Waals surface area contributed by atoms with Gasteiger partial charge in [0.25, 0.3) is 0 Å². The van der Waals surface area contributed by atoms with E-state index in [1.54, 1.807) is 25.1 Å². The van der Waals surface area contributed by atoms with Gasteiger partial charge in [-0.2, -0.15) is 0 Å². The first kappa shape index (κ1) is 22.3. The Morgan fingerprint density at radius 3 is 2.35 bits per heavy atom. The van der Waals surface area contributed by atoms with Crippen molar-refractivity contribution in [3.05, 3.63) is 64.3 Å². The van der Waals surface area contributed by atoms with Crippen LogP contribution in [0.5, 0.6) is 17.2 Å². The number of nitrogens with zero attached hydrogens (tertiary/aromatic N) is 1. The number of thioether (sulfide) groups is 1. The van der Waals surface area contributed by atoms with Crippen molar-refractivity contribution in [2.24, 2.45) is 4.99 Å². The molecular weight excluding hydrogens is 418 g/mol. The highest BCUT2D eigenvalue weighted by Crippen LogP contribution is 2.44. The highest BCUT2D eigenvalue weighted by molar-refractivity contribution is 8.18. The third kappa shape index (κ3) is 4.69. The van der Waals surface area contributed by atoms with Gasteiger partial charge in [0.15, 0.2) is 11.5 Å². The van der Waals surface area contributed by atoms with Crippen molar-refractivity contribution < 1.29 is 28.8 Å². The van der Waals surface area contributed by atoms with Crippen molar-refractivity contribution in [1.82, 2.24) is 0 Å². The minimum Gasteiger partial charge on any atom is -0.506 e. The standard InChI is InChI=1S/C23H23NO6S/c1-5-30-23(26)18-19(25)17(31-22(18)24-15-9-7-6-8-10-15)13-14-11-12-16(27-2)21(29-4)20(14)28-3/h6-13,25H,5H2,1-4H3/b17-13-,24-22?. The maximum absolute atomic E-state index is 12.5. The number of carbonyl (C=O) groups excluding carboxylic acids is 1. The average molecular weight is 442 g/mol. The van der Waals surface area contributed by atoms with Gasteiger partial charge in [-0.05, 0) is 37.3 Å². The summed E-state index contributed by atoms with van der Waals surface area (Å²) in [6.07, 6.45) is 1.70. The van der Waals surface area contributed by atoms with E-state index < -0.39 is 5.97 Å². The second kappa shape index (κ2) is 10.1. The predicted octanol–water partition coefficient (Wildman–Crippen LogP) is 4.91. The predicted molar refractivity (Wildman–Crippen MR) is 121 cm³/mol. The van der Waals surface area contributed by atoms with Crippen molar-refractivity contribution in [3.8, 4) is 17.2 Å². The van der Waals surface area contributed by atoms with Crippen LogP contribution in [0.15, 0.2) is 63.7 Å². The molecule has 0 radical (unpaired) electrons. The molecule has 0 atom stereocenters. The summed E-state index contributed by atoms with van der Waals surface area (Å²) < 4.78 is 21.4. The molecule has 0 spiro atoms. The summed E-state index contributed by atoms with van der Waals surface area (Å²) in [6.45, 7) is 1.89. The minimum atomic E-state index is -0.634. The number of rotatable bonds is 7. The molecule has 162 valence electrons. The SMILES string of the molecule is CCOC(=O)C1=C(O)/C(=C/c2ccc(OC)c(OC)c2OC)SC1=Nc1ccccc1. The molecule has 0 unspecified atom stereocenters. The maximum Gasteiger partial charge on any atom is 0.344 e. The van der Waals surface area contributed by atoms with Gasteiger partial charge in [-0.25, -0.2) is 9.79 Å². The van der Waals surface area contributed by atoms with Crippen molar-refractivity contribution in [2.75, 3.05) is 27.9 Å². The Morgan fingerprint density at radius 2 is 1.74 bits per heavy atom. The molecule has 0 saturated heterocycles. The van der Waals surface area contributed by atoms with Crippen LogP contribution in [-0.2, 0) is 9.53 Å². The van der Waals surface area contributed by atoms with Crippen LogP contribution in [0.1, 0.15) is 12.5 Å². The molecule has 3 rings (SSSR count). The number of hydrogen-bond donors (Lipinski definition) is 1. The number of methoxy groups -OCH3 is 3. The highest BCUT2D eigenvalue weighted by Gasteiger charge is 2.33. The van der Waals surface area contributed by atoms with Gasteiger partial charge < -0.3 is 24.1 Å². The van der Waals surface area contributed by atoms with E-state index in [4.69, 9.17) is 18.9 Å². The number of carbonyl (C=O) groups is 1. The molecule has 8 heteroatoms. The fourth-order valence-corrected chi connectivity index (χ4v) is 4.02. The van der Waals surface area contributed by atoms with Crippen LogP contribution in [0.2, 0.25) is 0 Å². The Labute approximate surface area is 185 Å². The van der Waals surface area contributed by atoms with E-state index in [0.717, 1.165) is 0 Å². The van der Waals surface area contributed by atoms with Gasteiger partial charge in [-0.3, -0.25) is 0 Å². The zero-order valence-corrected chi connectivity index (χ0v) is 18.5. The maximum atomic E-state index is 12.5. The molecule has 0 bridgehead atoms. The van der Waals surface area contributed by atoms with E-state index in [2.05, 4.69) is 4.99 Å². The monoisotopic (exact) mass is 441 g/mol. The van der Waals surface area contributed by atoms with Gasteiger partial charge in [0.1, 0.15) is 16.4 Å². The van der Waals surface area contributed by atoms with Crippen LogP contribution in [0.3, 0.4) is 0 Å². The topological polar surface area (TPSA) is 86.6 Å². The van der Waals surface area contributed by atoms with Crippen molar-refractivity contribution >= 4 is 34.5 Å². The number of esters is 1. The summed E-state index contributed by atoms with van der Waals surface area (Å²) in [6, 6.07) is 12.7. The lowest BCUT2D eigenvalue weighted by Gasteiger charge is -2.14. The van der Waals surface area contributed by atoms with Crippen molar-refractivity contribution in [2.45, 2.75) is 6.92 Å². The third-order valence-corrected chi connectivity index (χ3v) is 5.40. The Bertz CT molecular complexity index is 1060. The number of aliphatic hydroxyl groups excluding tert-OH is 1. The molecule has 1 N–H and O–H groups in total. The molecule has 1 heterocycles. The molecular formula is C23H23NO6S. The van der Waals surface area contributed by atoms with Crippen LogP contribution in [-0.4, -0.2) is 44.1 Å². The summed E-state index contributed by atoms with van der Waals surface area (Å²) in [7, 11) is 4.57. The van der Waals surface area contributed by atoms with E-state index in [0.29, 0.717) is 38.4 Å². The van der Waals surface area contributed by atoms with Gasteiger partial charge >= 0.3 is 5.97 Å². The number of ether oxygens (including phenoxy) is 4. The molecule has 1 aliphatic rings. The fourth-order valence-electron chi connectivity index (χ4n) is 2.99. The van der Waals surface area contributed by atoms with E-state index >= 15 is 0 Å². The Balaban J connectivity index is 2.11. The smallest absolute Gasteiger partial charge is 0.344 e. The molecule has 1 aliphatic heterocycles. The van der Waals surface area contributed by atoms with E-state index in [-0.39, 0.29) is 17.9 Å². The van der Waals surface area contributed by atoms with Crippen LogP contribution in [0.25, 0.3) is 6.08 Å². The van der Waals surface area contributed by atoms with Crippen LogP contribution in [0.4, 0.5) is 5.69 Å². The molecule has 0 fully saturated rings. The van der Waals surface area contributed by atoms with Gasteiger partial charge in [0.05, 0.1) is 38.5 Å². The first-order chi connectivity index (χ1) is 15.0. The first-order valence-corrected chi connectivity index (χ1v) is 10.3. The number of benzene rings is 2. The first-order valence-electron chi connectivity index (χ1n) is 9.47. The molecule has 31 heavy (non-hydrogen) atoms. The number of hydrogen-bond acceptors (Lipinski definition) is 8. The fraction of sp³-hybridized carbons (Fsp3) is 0.217. The largest absolute Gasteiger partial charge is 0.506 e. The third-order valence-electron chi connectivity index (χ3n) is 4.38. The van der Waals surface area contributed by atoms with Gasteiger partial charge in [0, 0.05) is 5.56 Å². The van der Waals surface area contributed by atoms with E-state index in [1.165, 1.54) is 33.1 Å². The van der Waals surface area contributed by atoms with E-state index in [9.17, 15) is 9.90 Å². The van der Waals surface area contributed by atoms with E-state index in [1.807, 2.05) is 30.3 Å². The van der Waals surface area contributed by atoms with Crippen LogP contribution >= 0.6 is 11.8 Å². The zero-order chi connectivity index (χ0) is 22.4. The van der Waals surface area contributed by atoms with Crippen LogP contribution in [0, 0.1) is 0 Å². The number of para-hydroxylation sites is 1. The Kier molecular flexibility index (Phi) is 7.25. The average Bonchev–Trinajstić information content (AvgIpc) is 3.08. The van der Waals surface area contributed by atoms with Crippen molar-refractivity contribution in [1.29, 1.82) is 0 Å². The van der Waals surface area contributed by atoms with Crippen LogP contribution < -0.4 is 14.2 Å². The lowest BCUT2D eigenvalue weighted by atomic mass is 10.1. The summed E-state index contributed by atoms with van der Waals surface area (Å²) in [5, 5.41) is 11.2. The molecule has 7 nitrogen and oxygen atoms in total. The molecule has 0 saturated carbocycles. The molecule has 0 amide bonds. The summed E-state index contributed by atoms with van der Waals surface area (Å²) in [4.78, 5) is 17.5. The normalized spacial score (nSPS) is 16.0. The van der Waals surface area contributed by atoms with Crippen molar-refractivity contribution in [3.63, 3.8) is 0 Å². The number of aliphatic imine (C=N–C) groups is 1. The second-order valence-corrected chi connectivity index (χ2v) is 7.26. The zero-order valence-electron chi connectivity index (χ0n) is 17.7. The lowest BCUT2D eigenvalue weighted by Crippen LogP contribution is -2.12. The minimum absolute atomic E-state index is 0.0291. The molecule has 2 aromatic carbocycles. The molecule has 2 aromatic rings. The molecule has 0 aliphatic carbocycles. The van der Waals surface area contributed by atoms with Gasteiger partial charge in [0.2, 0.25) is 5.75 Å². The second-order valence-electron chi connectivity index (χ2n) is 6.23. The van der Waals surface area contributed by atoms with Gasteiger partial charge in [-0.1, -0.05) is 30.0 Å². The molecule has 0 aromatic heterocycles. The summed E-state index contributed by atoms with van der Waals surface area (Å²) in [5.41, 5.74) is 1.32. The summed E-state index contributed by atoms with van der Waals surface area (Å²) in [5.74, 6) is 0.544. The van der Waals surface area contributed by atoms with Gasteiger partial charge in [-0.15, -0.1) is 0 Å². The highest BCUT2D eigenvalue weighted by atomic mass is 32.2.